The number of nitrogens with zero attached hydrogens (tertiary/aromatic N) is 1. The van der Waals surface area contributed by atoms with E-state index in [1.165, 1.54) is 12.1 Å². The number of phenols is 1. The molecule has 7 nitrogen and oxygen atoms in total. The number of rotatable bonds is 4. The van der Waals surface area contributed by atoms with Crippen molar-refractivity contribution in [2.45, 2.75) is 18.6 Å². The highest BCUT2D eigenvalue weighted by Crippen LogP contribution is 2.37. The number of aromatic carboxylic acids is 1. The molecule has 1 aliphatic heterocycles. The number of carboxylic acids is 1. The van der Waals surface area contributed by atoms with E-state index in [1.807, 2.05) is 0 Å². The second kappa shape index (κ2) is 7.28. The van der Waals surface area contributed by atoms with Crippen LogP contribution in [0.25, 0.3) is 0 Å². The van der Waals surface area contributed by atoms with Crippen LogP contribution in [0.4, 0.5) is 24.5 Å². The number of carbonyl (C=O) groups excluding carboxylic acids is 2. The van der Waals surface area contributed by atoms with Gasteiger partial charge >= 0.3 is 12.1 Å². The van der Waals surface area contributed by atoms with Crippen molar-refractivity contribution >= 4 is 40.8 Å². The lowest BCUT2D eigenvalue weighted by Gasteiger charge is -2.17. The second-order valence-corrected chi connectivity index (χ2v) is 6.57. The molecule has 0 aromatic heterocycles. The summed E-state index contributed by atoms with van der Waals surface area (Å²) in [5.41, 5.74) is -1.74. The van der Waals surface area contributed by atoms with Gasteiger partial charge < -0.3 is 15.5 Å². The third-order valence-corrected chi connectivity index (χ3v) is 4.56. The quantitative estimate of drug-likeness (QED) is 0.643. The molecule has 0 saturated carbocycles. The van der Waals surface area contributed by atoms with Crippen LogP contribution in [0, 0.1) is 0 Å². The molecule has 1 atom stereocenters. The molecule has 29 heavy (non-hydrogen) atoms. The molecule has 3 N–H and O–H groups in total. The van der Waals surface area contributed by atoms with Crippen molar-refractivity contribution < 1.29 is 37.8 Å². The van der Waals surface area contributed by atoms with Crippen LogP contribution in [0.5, 0.6) is 5.75 Å². The number of imide groups is 1. The van der Waals surface area contributed by atoms with Gasteiger partial charge in [-0.05, 0) is 36.4 Å². The number of amides is 2. The van der Waals surface area contributed by atoms with Crippen molar-refractivity contribution in [1.82, 2.24) is 0 Å². The van der Waals surface area contributed by atoms with Gasteiger partial charge in [-0.15, -0.1) is 0 Å². The summed E-state index contributed by atoms with van der Waals surface area (Å²) in [6.07, 6.45) is -5.05. The Kier molecular flexibility index (Phi) is 5.14. The number of carbonyl (C=O) groups is 3. The first-order valence-corrected chi connectivity index (χ1v) is 8.43. The van der Waals surface area contributed by atoms with E-state index in [0.717, 1.165) is 24.3 Å². The van der Waals surface area contributed by atoms with Gasteiger partial charge in [0.1, 0.15) is 17.4 Å². The predicted octanol–water partition coefficient (Wildman–Crippen LogP) is 3.51. The minimum Gasteiger partial charge on any atom is -0.507 e. The molecular weight excluding hydrogens is 417 g/mol. The van der Waals surface area contributed by atoms with E-state index in [-0.39, 0.29) is 17.8 Å². The number of aromatic hydroxyl groups is 1. The molecule has 1 heterocycles. The van der Waals surface area contributed by atoms with Crippen LogP contribution >= 0.6 is 11.6 Å². The fraction of sp³-hybridized carbons (Fsp3) is 0.167. The van der Waals surface area contributed by atoms with Crippen molar-refractivity contribution in [1.29, 1.82) is 0 Å². The molecule has 1 aliphatic rings. The number of hydrogen-bond donors (Lipinski definition) is 3. The highest BCUT2D eigenvalue weighted by atomic mass is 35.5. The van der Waals surface area contributed by atoms with E-state index in [1.54, 1.807) is 0 Å². The number of halogens is 4. The molecule has 2 aromatic carbocycles. The largest absolute Gasteiger partial charge is 0.507 e. The molecule has 0 radical (unpaired) electrons. The molecule has 1 unspecified atom stereocenters. The highest BCUT2D eigenvalue weighted by Gasteiger charge is 2.40. The standard InChI is InChI=1S/C18H12ClF3N2O5/c19-12-3-1-8(5-11(12)18(20,21)22)23-13-7-15(26)24(16(13)27)9-2-4-14(25)10(6-9)17(28)29/h1-6,13,23,25H,7H2,(H,28,29). The van der Waals surface area contributed by atoms with Crippen LogP contribution in [0.1, 0.15) is 22.3 Å². The smallest absolute Gasteiger partial charge is 0.417 e. The molecular formula is C18H12ClF3N2O5. The third-order valence-electron chi connectivity index (χ3n) is 4.23. The monoisotopic (exact) mass is 428 g/mol. The summed E-state index contributed by atoms with van der Waals surface area (Å²) in [5, 5.41) is 20.7. The van der Waals surface area contributed by atoms with Crippen molar-refractivity contribution in [2.24, 2.45) is 0 Å². The Hall–Kier alpha value is -3.27. The van der Waals surface area contributed by atoms with Crippen molar-refractivity contribution in [2.75, 3.05) is 10.2 Å². The van der Waals surface area contributed by atoms with Gasteiger partial charge in [-0.25, -0.2) is 9.69 Å². The highest BCUT2D eigenvalue weighted by molar-refractivity contribution is 6.31. The Balaban J connectivity index is 1.87. The molecule has 2 amide bonds. The van der Waals surface area contributed by atoms with Gasteiger partial charge in [-0.3, -0.25) is 9.59 Å². The molecule has 1 saturated heterocycles. The number of anilines is 2. The van der Waals surface area contributed by atoms with Crippen LogP contribution in [-0.2, 0) is 15.8 Å². The summed E-state index contributed by atoms with van der Waals surface area (Å²) < 4.78 is 39.0. The SMILES string of the molecule is O=C(O)c1cc(N2C(=O)CC(Nc3ccc(Cl)c(C(F)(F)F)c3)C2=O)ccc1O. The summed E-state index contributed by atoms with van der Waals surface area (Å²) >= 11 is 5.56. The number of hydrogen-bond acceptors (Lipinski definition) is 5. The second-order valence-electron chi connectivity index (χ2n) is 6.17. The summed E-state index contributed by atoms with van der Waals surface area (Å²) in [7, 11) is 0. The Labute approximate surface area is 166 Å². The maximum absolute atomic E-state index is 13.0. The topological polar surface area (TPSA) is 107 Å². The molecule has 2 aromatic rings. The van der Waals surface area contributed by atoms with Crippen LogP contribution in [0.3, 0.4) is 0 Å². The third kappa shape index (κ3) is 3.97. The molecule has 152 valence electrons. The van der Waals surface area contributed by atoms with Gasteiger partial charge in [0, 0.05) is 5.69 Å². The maximum atomic E-state index is 13.0. The van der Waals surface area contributed by atoms with Crippen LogP contribution in [-0.4, -0.2) is 34.0 Å². The zero-order valence-electron chi connectivity index (χ0n) is 14.3. The van der Waals surface area contributed by atoms with E-state index in [2.05, 4.69) is 5.32 Å². The summed E-state index contributed by atoms with van der Waals surface area (Å²) in [6.45, 7) is 0. The van der Waals surface area contributed by atoms with Crippen molar-refractivity contribution in [3.63, 3.8) is 0 Å². The zero-order valence-corrected chi connectivity index (χ0v) is 15.1. The first-order valence-electron chi connectivity index (χ1n) is 8.05. The first-order chi connectivity index (χ1) is 13.5. The van der Waals surface area contributed by atoms with Gasteiger partial charge in [0.05, 0.1) is 22.7 Å². The lowest BCUT2D eigenvalue weighted by Crippen LogP contribution is -2.35. The number of benzene rings is 2. The van der Waals surface area contributed by atoms with Gasteiger partial charge in [0.15, 0.2) is 0 Å². The Morgan fingerprint density at radius 3 is 2.48 bits per heavy atom. The van der Waals surface area contributed by atoms with Crippen molar-refractivity contribution in [3.8, 4) is 5.75 Å². The van der Waals surface area contributed by atoms with Gasteiger partial charge in [-0.1, -0.05) is 11.6 Å². The van der Waals surface area contributed by atoms with Gasteiger partial charge in [0.25, 0.3) is 5.91 Å². The van der Waals surface area contributed by atoms with Gasteiger partial charge in [0.2, 0.25) is 5.91 Å². The Morgan fingerprint density at radius 2 is 1.86 bits per heavy atom. The number of alkyl halides is 3. The minimum atomic E-state index is -4.70. The minimum absolute atomic E-state index is 0.0633. The Morgan fingerprint density at radius 1 is 1.17 bits per heavy atom. The summed E-state index contributed by atoms with van der Waals surface area (Å²) in [5.74, 6) is -3.46. The zero-order chi connectivity index (χ0) is 21.5. The predicted molar refractivity (Wildman–Crippen MR) is 96.0 cm³/mol. The molecule has 3 rings (SSSR count). The fourth-order valence-electron chi connectivity index (χ4n) is 2.88. The molecule has 0 aliphatic carbocycles. The average Bonchev–Trinajstić information content (AvgIpc) is 2.89. The number of carboxylic acid groups (broad SMARTS) is 1. The van der Waals surface area contributed by atoms with Gasteiger partial charge in [-0.2, -0.15) is 13.2 Å². The van der Waals surface area contributed by atoms with E-state index >= 15 is 0 Å². The fourth-order valence-corrected chi connectivity index (χ4v) is 3.11. The summed E-state index contributed by atoms with van der Waals surface area (Å²) in [4.78, 5) is 36.8. The van der Waals surface area contributed by atoms with E-state index in [9.17, 15) is 32.7 Å². The van der Waals surface area contributed by atoms with Crippen LogP contribution in [0.2, 0.25) is 5.02 Å². The van der Waals surface area contributed by atoms with E-state index in [4.69, 9.17) is 16.7 Å². The molecule has 0 bridgehead atoms. The first kappa shape index (κ1) is 20.5. The summed E-state index contributed by atoms with van der Waals surface area (Å²) in [6, 6.07) is 4.99. The molecule has 0 spiro atoms. The van der Waals surface area contributed by atoms with Crippen molar-refractivity contribution in [3.05, 3.63) is 52.5 Å². The maximum Gasteiger partial charge on any atom is 0.417 e. The lowest BCUT2D eigenvalue weighted by atomic mass is 10.1. The normalized spacial score (nSPS) is 17.0. The Bertz CT molecular complexity index is 1030. The lowest BCUT2D eigenvalue weighted by molar-refractivity contribution is -0.137. The molecule has 11 heteroatoms. The number of nitrogens with one attached hydrogen (secondary N) is 1. The molecule has 1 fully saturated rings. The van der Waals surface area contributed by atoms with E-state index < -0.39 is 51.9 Å². The van der Waals surface area contributed by atoms with Crippen LogP contribution in [0.15, 0.2) is 36.4 Å². The van der Waals surface area contributed by atoms with Crippen LogP contribution < -0.4 is 10.2 Å². The average molecular weight is 429 g/mol. The van der Waals surface area contributed by atoms with E-state index in [0.29, 0.717) is 4.90 Å².